The first-order chi connectivity index (χ1) is 9.19. The van der Waals surface area contributed by atoms with E-state index in [2.05, 4.69) is 10.3 Å². The maximum atomic E-state index is 13.1. The largest absolute Gasteiger partial charge is 0.478 e. The molecular formula is C14H14ClFN2O. The van der Waals surface area contributed by atoms with E-state index < -0.39 is 0 Å². The fraction of sp³-hybridized carbons (Fsp3) is 0.214. The fourth-order valence-electron chi connectivity index (χ4n) is 1.59. The molecule has 100 valence electrons. The standard InChI is InChI=1S/C14H14ClFN2O/c1-2-19-14-6-4-12(9-18-14)17-8-10-7-11(16)3-5-13(10)15/h3-7,9,17H,2,8H2,1H3. The van der Waals surface area contributed by atoms with E-state index in [4.69, 9.17) is 16.3 Å². The first kappa shape index (κ1) is 13.6. The zero-order valence-electron chi connectivity index (χ0n) is 10.5. The van der Waals surface area contributed by atoms with Gasteiger partial charge in [0, 0.05) is 17.6 Å². The van der Waals surface area contributed by atoms with Crippen LogP contribution in [-0.4, -0.2) is 11.6 Å². The van der Waals surface area contributed by atoms with Gasteiger partial charge in [-0.3, -0.25) is 0 Å². The Kier molecular flexibility index (Phi) is 4.58. The molecule has 0 fully saturated rings. The van der Waals surface area contributed by atoms with E-state index in [1.54, 1.807) is 18.3 Å². The summed E-state index contributed by atoms with van der Waals surface area (Å²) in [6.45, 7) is 2.92. The molecule has 0 bridgehead atoms. The highest BCUT2D eigenvalue weighted by Gasteiger charge is 2.02. The first-order valence-electron chi connectivity index (χ1n) is 5.95. The van der Waals surface area contributed by atoms with Crippen LogP contribution < -0.4 is 10.1 Å². The lowest BCUT2D eigenvalue weighted by Crippen LogP contribution is -2.01. The Labute approximate surface area is 116 Å². The van der Waals surface area contributed by atoms with E-state index in [-0.39, 0.29) is 5.82 Å². The molecule has 1 aromatic heterocycles. The second kappa shape index (κ2) is 6.38. The SMILES string of the molecule is CCOc1ccc(NCc2cc(F)ccc2Cl)cn1. The number of pyridine rings is 1. The highest BCUT2D eigenvalue weighted by molar-refractivity contribution is 6.31. The van der Waals surface area contributed by atoms with Crippen molar-refractivity contribution in [3.63, 3.8) is 0 Å². The molecule has 2 aromatic rings. The van der Waals surface area contributed by atoms with Crippen LogP contribution in [0.4, 0.5) is 10.1 Å². The van der Waals surface area contributed by atoms with Gasteiger partial charge in [0.05, 0.1) is 18.5 Å². The van der Waals surface area contributed by atoms with Crippen molar-refractivity contribution in [1.29, 1.82) is 0 Å². The molecule has 0 atom stereocenters. The normalized spacial score (nSPS) is 10.3. The van der Waals surface area contributed by atoms with Gasteiger partial charge in [0.15, 0.2) is 0 Å². The van der Waals surface area contributed by atoms with Crippen molar-refractivity contribution in [3.05, 3.63) is 52.9 Å². The Balaban J connectivity index is 2.00. The zero-order chi connectivity index (χ0) is 13.7. The maximum Gasteiger partial charge on any atom is 0.213 e. The number of ether oxygens (including phenoxy) is 1. The minimum absolute atomic E-state index is 0.300. The molecule has 19 heavy (non-hydrogen) atoms. The highest BCUT2D eigenvalue weighted by Crippen LogP contribution is 2.19. The number of benzene rings is 1. The van der Waals surface area contributed by atoms with E-state index in [1.165, 1.54) is 12.1 Å². The predicted molar refractivity (Wildman–Crippen MR) is 74.1 cm³/mol. The van der Waals surface area contributed by atoms with Crippen LogP contribution in [-0.2, 0) is 6.54 Å². The summed E-state index contributed by atoms with van der Waals surface area (Å²) in [6.07, 6.45) is 1.66. The quantitative estimate of drug-likeness (QED) is 0.902. The van der Waals surface area contributed by atoms with Crippen LogP contribution >= 0.6 is 11.6 Å². The van der Waals surface area contributed by atoms with Gasteiger partial charge in [-0.15, -0.1) is 0 Å². The Morgan fingerprint density at radius 2 is 2.16 bits per heavy atom. The van der Waals surface area contributed by atoms with Gasteiger partial charge in [-0.05, 0) is 36.8 Å². The van der Waals surface area contributed by atoms with Crippen LogP contribution in [0.2, 0.25) is 5.02 Å². The van der Waals surface area contributed by atoms with Crippen LogP contribution in [0.15, 0.2) is 36.5 Å². The van der Waals surface area contributed by atoms with Gasteiger partial charge in [0.1, 0.15) is 5.82 Å². The molecule has 0 aliphatic carbocycles. The summed E-state index contributed by atoms with van der Waals surface area (Å²) in [5.74, 6) is 0.280. The van der Waals surface area contributed by atoms with Gasteiger partial charge < -0.3 is 10.1 Å². The summed E-state index contributed by atoms with van der Waals surface area (Å²) in [5, 5.41) is 3.66. The zero-order valence-corrected chi connectivity index (χ0v) is 11.2. The van der Waals surface area contributed by atoms with Gasteiger partial charge in [-0.25, -0.2) is 9.37 Å². The molecule has 0 aliphatic rings. The average molecular weight is 281 g/mol. The summed E-state index contributed by atoms with van der Waals surface area (Å²) in [6, 6.07) is 7.93. The highest BCUT2D eigenvalue weighted by atomic mass is 35.5. The minimum Gasteiger partial charge on any atom is -0.478 e. The number of nitrogens with zero attached hydrogens (tertiary/aromatic N) is 1. The Hall–Kier alpha value is -1.81. The number of anilines is 1. The second-order valence-electron chi connectivity index (χ2n) is 3.91. The third kappa shape index (κ3) is 3.83. The molecule has 3 nitrogen and oxygen atoms in total. The molecule has 0 saturated heterocycles. The number of rotatable bonds is 5. The number of hydrogen-bond donors (Lipinski definition) is 1. The van der Waals surface area contributed by atoms with Crippen molar-refractivity contribution >= 4 is 17.3 Å². The smallest absolute Gasteiger partial charge is 0.213 e. The summed E-state index contributed by atoms with van der Waals surface area (Å²) >= 11 is 5.99. The fourth-order valence-corrected chi connectivity index (χ4v) is 1.78. The van der Waals surface area contributed by atoms with Crippen LogP contribution in [0.25, 0.3) is 0 Å². The van der Waals surface area contributed by atoms with Crippen molar-refractivity contribution in [1.82, 2.24) is 4.98 Å². The number of aromatic nitrogens is 1. The molecule has 0 saturated carbocycles. The number of halogens is 2. The summed E-state index contributed by atoms with van der Waals surface area (Å²) < 4.78 is 18.3. The van der Waals surface area contributed by atoms with Gasteiger partial charge >= 0.3 is 0 Å². The first-order valence-corrected chi connectivity index (χ1v) is 6.33. The minimum atomic E-state index is -0.300. The second-order valence-corrected chi connectivity index (χ2v) is 4.31. The van der Waals surface area contributed by atoms with Gasteiger partial charge in [0.25, 0.3) is 0 Å². The number of nitrogens with one attached hydrogen (secondary N) is 1. The van der Waals surface area contributed by atoms with Crippen LogP contribution in [0.3, 0.4) is 0 Å². The molecule has 0 amide bonds. The summed E-state index contributed by atoms with van der Waals surface area (Å²) in [5.41, 5.74) is 1.53. The van der Waals surface area contributed by atoms with E-state index in [9.17, 15) is 4.39 Å². The van der Waals surface area contributed by atoms with Crippen molar-refractivity contribution in [2.24, 2.45) is 0 Å². The van der Waals surface area contributed by atoms with Gasteiger partial charge in [-0.1, -0.05) is 11.6 Å². The summed E-state index contributed by atoms with van der Waals surface area (Å²) in [4.78, 5) is 4.13. The molecule has 0 unspecified atom stereocenters. The van der Waals surface area contributed by atoms with E-state index in [1.807, 2.05) is 13.0 Å². The lowest BCUT2D eigenvalue weighted by molar-refractivity contribution is 0.327. The third-order valence-corrected chi connectivity index (χ3v) is 2.89. The van der Waals surface area contributed by atoms with Crippen molar-refractivity contribution in [2.45, 2.75) is 13.5 Å². The van der Waals surface area contributed by atoms with Crippen LogP contribution in [0.1, 0.15) is 12.5 Å². The number of hydrogen-bond acceptors (Lipinski definition) is 3. The Bertz CT molecular complexity index is 546. The van der Waals surface area contributed by atoms with Crippen LogP contribution in [0.5, 0.6) is 5.88 Å². The Morgan fingerprint density at radius 1 is 1.32 bits per heavy atom. The third-order valence-electron chi connectivity index (χ3n) is 2.52. The van der Waals surface area contributed by atoms with Crippen molar-refractivity contribution in [3.8, 4) is 5.88 Å². The molecule has 0 aliphatic heterocycles. The van der Waals surface area contributed by atoms with Gasteiger partial charge in [-0.2, -0.15) is 0 Å². The molecule has 1 aromatic carbocycles. The monoisotopic (exact) mass is 280 g/mol. The Morgan fingerprint density at radius 3 is 2.84 bits per heavy atom. The lowest BCUT2D eigenvalue weighted by Gasteiger charge is -2.08. The summed E-state index contributed by atoms with van der Waals surface area (Å²) in [7, 11) is 0. The van der Waals surface area contributed by atoms with E-state index >= 15 is 0 Å². The maximum absolute atomic E-state index is 13.1. The lowest BCUT2D eigenvalue weighted by atomic mass is 10.2. The van der Waals surface area contributed by atoms with E-state index in [0.29, 0.717) is 29.6 Å². The average Bonchev–Trinajstić information content (AvgIpc) is 2.42. The van der Waals surface area contributed by atoms with Gasteiger partial charge in [0.2, 0.25) is 5.88 Å². The molecule has 0 spiro atoms. The van der Waals surface area contributed by atoms with Crippen molar-refractivity contribution < 1.29 is 9.13 Å². The molecule has 2 rings (SSSR count). The molecular weight excluding hydrogens is 267 g/mol. The predicted octanol–water partition coefficient (Wildman–Crippen LogP) is 3.88. The molecule has 1 heterocycles. The topological polar surface area (TPSA) is 34.1 Å². The molecule has 1 N–H and O–H groups in total. The van der Waals surface area contributed by atoms with Crippen molar-refractivity contribution in [2.75, 3.05) is 11.9 Å². The van der Waals surface area contributed by atoms with Crippen LogP contribution in [0, 0.1) is 5.82 Å². The molecule has 5 heteroatoms. The van der Waals surface area contributed by atoms with E-state index in [0.717, 1.165) is 5.69 Å². The molecule has 0 radical (unpaired) electrons.